The molecule has 0 spiro atoms. The van der Waals surface area contributed by atoms with Gasteiger partial charge in [0.05, 0.1) is 16.1 Å². The molecule has 0 saturated carbocycles. The zero-order chi connectivity index (χ0) is 25.3. The van der Waals surface area contributed by atoms with Gasteiger partial charge in [-0.25, -0.2) is 8.42 Å². The van der Waals surface area contributed by atoms with Gasteiger partial charge >= 0.3 is 0 Å². The predicted molar refractivity (Wildman–Crippen MR) is 134 cm³/mol. The van der Waals surface area contributed by atoms with Gasteiger partial charge in [0.15, 0.2) is 5.75 Å². The number of aromatic hydroxyl groups is 2. The maximum atomic E-state index is 13.4. The van der Waals surface area contributed by atoms with E-state index in [2.05, 4.69) is 15.0 Å². The molecule has 3 N–H and O–H groups in total. The molecule has 0 fully saturated rings. The van der Waals surface area contributed by atoms with E-state index in [-0.39, 0.29) is 33.3 Å². The zero-order valence-electron chi connectivity index (χ0n) is 19.3. The summed E-state index contributed by atoms with van der Waals surface area (Å²) in [6.07, 6.45) is 0. The quantitative estimate of drug-likeness (QED) is 0.237. The Morgan fingerprint density at radius 2 is 1.46 bits per heavy atom. The van der Waals surface area contributed by atoms with Gasteiger partial charge in [0.2, 0.25) is 0 Å². The molecule has 9 heteroatoms. The lowest BCUT2D eigenvalue weighted by atomic mass is 10.1. The van der Waals surface area contributed by atoms with Gasteiger partial charge in [-0.05, 0) is 50.1 Å². The number of anilines is 1. The van der Waals surface area contributed by atoms with Crippen molar-refractivity contribution in [2.24, 2.45) is 10.2 Å². The van der Waals surface area contributed by atoms with E-state index in [1.54, 1.807) is 62.4 Å². The van der Waals surface area contributed by atoms with Crippen LogP contribution in [0.3, 0.4) is 0 Å². The van der Waals surface area contributed by atoms with Crippen LogP contribution in [0.15, 0.2) is 81.9 Å². The molecule has 4 aromatic carbocycles. The van der Waals surface area contributed by atoms with Crippen LogP contribution in [-0.4, -0.2) is 24.5 Å². The number of para-hydroxylation sites is 1. The average molecular weight is 490 g/mol. The standard InChI is InChI=1S/C26H23N3O5S/c1-15-12-16(2)25(17(3)13-15)35(33,34)29-21-14-22(24(31)19-9-5-4-8-18(19)21)27-28-26(32)20-10-6-7-11-23(20)30/h4-14,29-31H,1-3H3. The first-order valence-corrected chi connectivity index (χ1v) is 12.2. The molecular formula is C26H23N3O5S. The highest BCUT2D eigenvalue weighted by Crippen LogP contribution is 2.41. The third-order valence-electron chi connectivity index (χ3n) is 5.50. The number of carbonyl (C=O) groups is 1. The number of azo groups is 1. The summed E-state index contributed by atoms with van der Waals surface area (Å²) in [6, 6.07) is 17.4. The lowest BCUT2D eigenvalue weighted by Crippen LogP contribution is -2.16. The number of sulfonamides is 1. The summed E-state index contributed by atoms with van der Waals surface area (Å²) in [5.41, 5.74) is 2.16. The second kappa shape index (κ2) is 9.19. The number of rotatable bonds is 5. The van der Waals surface area contributed by atoms with Gasteiger partial charge in [0.25, 0.3) is 15.9 Å². The number of hydrogen-bond acceptors (Lipinski definition) is 6. The molecule has 0 aliphatic rings. The van der Waals surface area contributed by atoms with Gasteiger partial charge < -0.3 is 10.2 Å². The summed E-state index contributed by atoms with van der Waals surface area (Å²) < 4.78 is 29.4. The smallest absolute Gasteiger partial charge is 0.299 e. The largest absolute Gasteiger partial charge is 0.507 e. The Hall–Kier alpha value is -4.24. The van der Waals surface area contributed by atoms with Crippen molar-refractivity contribution in [1.82, 2.24) is 0 Å². The van der Waals surface area contributed by atoms with Crippen LogP contribution in [-0.2, 0) is 10.0 Å². The number of benzene rings is 4. The summed E-state index contributed by atoms with van der Waals surface area (Å²) >= 11 is 0. The van der Waals surface area contributed by atoms with Gasteiger partial charge in [0, 0.05) is 10.8 Å². The number of nitrogens with one attached hydrogen (secondary N) is 1. The fraction of sp³-hybridized carbons (Fsp3) is 0.115. The van der Waals surface area contributed by atoms with E-state index >= 15 is 0 Å². The summed E-state index contributed by atoms with van der Waals surface area (Å²) in [5, 5.41) is 28.9. The molecule has 4 rings (SSSR count). The van der Waals surface area contributed by atoms with E-state index in [0.717, 1.165) is 5.56 Å². The van der Waals surface area contributed by atoms with Crippen molar-refractivity contribution in [3.63, 3.8) is 0 Å². The fourth-order valence-electron chi connectivity index (χ4n) is 4.10. The van der Waals surface area contributed by atoms with Crippen molar-refractivity contribution >= 4 is 38.1 Å². The first-order valence-electron chi connectivity index (χ1n) is 10.7. The molecule has 0 aromatic heterocycles. The van der Waals surface area contributed by atoms with Crippen molar-refractivity contribution in [3.05, 3.63) is 89.0 Å². The number of phenolic OH excluding ortho intramolecular Hbond substituents is 2. The minimum absolute atomic E-state index is 0.0530. The minimum atomic E-state index is -4.00. The summed E-state index contributed by atoms with van der Waals surface area (Å²) in [6.45, 7) is 5.35. The van der Waals surface area contributed by atoms with E-state index in [4.69, 9.17) is 0 Å². The molecule has 8 nitrogen and oxygen atoms in total. The van der Waals surface area contributed by atoms with Crippen molar-refractivity contribution < 1.29 is 23.4 Å². The van der Waals surface area contributed by atoms with Crippen molar-refractivity contribution in [2.45, 2.75) is 25.7 Å². The van der Waals surface area contributed by atoms with E-state index in [9.17, 15) is 23.4 Å². The maximum Gasteiger partial charge on any atom is 0.299 e. The number of amides is 1. The highest BCUT2D eigenvalue weighted by atomic mass is 32.2. The molecule has 0 aliphatic heterocycles. The third kappa shape index (κ3) is 4.71. The Morgan fingerprint density at radius 3 is 2.11 bits per heavy atom. The van der Waals surface area contributed by atoms with Crippen LogP contribution in [0.2, 0.25) is 0 Å². The summed E-state index contributed by atoms with van der Waals surface area (Å²) in [7, 11) is -4.00. The number of nitrogens with zero attached hydrogens (tertiary/aromatic N) is 2. The molecule has 0 heterocycles. The molecule has 1 amide bonds. The molecule has 178 valence electrons. The third-order valence-corrected chi connectivity index (χ3v) is 7.17. The van der Waals surface area contributed by atoms with Gasteiger partial charge in [-0.2, -0.15) is 0 Å². The normalized spacial score (nSPS) is 11.7. The Kier molecular flexibility index (Phi) is 6.27. The molecule has 0 bridgehead atoms. The fourth-order valence-corrected chi connectivity index (χ4v) is 5.63. The molecule has 0 aliphatic carbocycles. The van der Waals surface area contributed by atoms with Gasteiger partial charge in [-0.1, -0.05) is 54.1 Å². The second-order valence-electron chi connectivity index (χ2n) is 8.19. The SMILES string of the molecule is Cc1cc(C)c(S(=O)(=O)Nc2cc(N=NC(=O)c3ccccc3O)c(O)c3ccccc23)c(C)c1. The number of aryl methyl sites for hydroxylation is 3. The molecule has 0 saturated heterocycles. The topological polar surface area (TPSA) is 128 Å². The van der Waals surface area contributed by atoms with Crippen molar-refractivity contribution in [3.8, 4) is 11.5 Å². The monoisotopic (exact) mass is 489 g/mol. The highest BCUT2D eigenvalue weighted by molar-refractivity contribution is 7.92. The van der Waals surface area contributed by atoms with Crippen LogP contribution in [0.1, 0.15) is 27.0 Å². The van der Waals surface area contributed by atoms with Gasteiger partial charge in [-0.3, -0.25) is 9.52 Å². The van der Waals surface area contributed by atoms with E-state index in [1.165, 1.54) is 18.2 Å². The van der Waals surface area contributed by atoms with Crippen LogP contribution in [0.4, 0.5) is 11.4 Å². The molecular weight excluding hydrogens is 466 g/mol. The first kappa shape index (κ1) is 23.9. The summed E-state index contributed by atoms with van der Waals surface area (Å²) in [4.78, 5) is 12.6. The minimum Gasteiger partial charge on any atom is -0.507 e. The van der Waals surface area contributed by atoms with E-state index in [1.807, 2.05) is 6.92 Å². The lowest BCUT2D eigenvalue weighted by molar-refractivity contribution is 0.0992. The summed E-state index contributed by atoms with van der Waals surface area (Å²) in [5.74, 6) is -1.33. The Labute approximate surface area is 202 Å². The Bertz CT molecular complexity index is 1590. The number of carbonyl (C=O) groups excluding carboxylic acids is 1. The Balaban J connectivity index is 1.80. The molecule has 0 unspecified atom stereocenters. The average Bonchev–Trinajstić information content (AvgIpc) is 2.79. The van der Waals surface area contributed by atoms with Crippen LogP contribution in [0.25, 0.3) is 10.8 Å². The zero-order valence-corrected chi connectivity index (χ0v) is 20.1. The van der Waals surface area contributed by atoms with Crippen molar-refractivity contribution in [2.75, 3.05) is 4.72 Å². The van der Waals surface area contributed by atoms with Crippen LogP contribution < -0.4 is 4.72 Å². The highest BCUT2D eigenvalue weighted by Gasteiger charge is 2.22. The van der Waals surface area contributed by atoms with Crippen LogP contribution in [0.5, 0.6) is 11.5 Å². The molecule has 0 atom stereocenters. The number of phenols is 2. The number of hydrogen-bond donors (Lipinski definition) is 3. The lowest BCUT2D eigenvalue weighted by Gasteiger charge is -2.16. The first-order chi connectivity index (χ1) is 16.6. The van der Waals surface area contributed by atoms with Crippen LogP contribution >= 0.6 is 0 Å². The van der Waals surface area contributed by atoms with Gasteiger partial charge in [-0.15, -0.1) is 10.2 Å². The van der Waals surface area contributed by atoms with Gasteiger partial charge in [0.1, 0.15) is 11.4 Å². The maximum absolute atomic E-state index is 13.4. The second-order valence-corrected chi connectivity index (χ2v) is 9.81. The van der Waals surface area contributed by atoms with E-state index < -0.39 is 15.9 Å². The predicted octanol–water partition coefficient (Wildman–Crippen LogP) is 5.90. The number of fused-ring (bicyclic) bond motifs is 1. The van der Waals surface area contributed by atoms with Crippen molar-refractivity contribution in [1.29, 1.82) is 0 Å². The Morgan fingerprint density at radius 1 is 0.857 bits per heavy atom. The van der Waals surface area contributed by atoms with E-state index in [0.29, 0.717) is 21.9 Å². The molecule has 35 heavy (non-hydrogen) atoms. The molecule has 0 radical (unpaired) electrons. The van der Waals surface area contributed by atoms with Crippen LogP contribution in [0, 0.1) is 20.8 Å². The molecule has 4 aromatic rings.